The summed E-state index contributed by atoms with van der Waals surface area (Å²) < 4.78 is 5.52. The van der Waals surface area contributed by atoms with Crippen molar-refractivity contribution < 1.29 is 4.74 Å². The minimum Gasteiger partial charge on any atom is -0.496 e. The van der Waals surface area contributed by atoms with Crippen molar-refractivity contribution in [1.29, 1.82) is 0 Å². The fourth-order valence-corrected chi connectivity index (χ4v) is 2.23. The van der Waals surface area contributed by atoms with Crippen LogP contribution in [-0.2, 0) is 6.42 Å². The minimum atomic E-state index is 0.881. The van der Waals surface area contributed by atoms with Crippen LogP contribution < -0.4 is 4.74 Å². The Morgan fingerprint density at radius 2 is 1.89 bits per heavy atom. The van der Waals surface area contributed by atoms with E-state index in [9.17, 15) is 0 Å². The molecule has 0 aliphatic heterocycles. The first-order chi connectivity index (χ1) is 8.74. The van der Waals surface area contributed by atoms with Gasteiger partial charge in [0, 0.05) is 12.0 Å². The highest BCUT2D eigenvalue weighted by molar-refractivity contribution is 5.60. The lowest BCUT2D eigenvalue weighted by molar-refractivity contribution is 0.409. The first kappa shape index (κ1) is 12.4. The standard InChI is InChI=1S/C17H18O/c1-4-15-10-13(2)11-16(17(15)18-3)12-14-8-6-5-7-9-14/h4-11H,1,12H2,2-3H3. The van der Waals surface area contributed by atoms with Crippen molar-refractivity contribution in [1.82, 2.24) is 0 Å². The predicted octanol–water partition coefficient (Wildman–Crippen LogP) is 4.24. The molecule has 0 saturated carbocycles. The summed E-state index contributed by atoms with van der Waals surface area (Å²) in [6, 6.07) is 14.7. The number of rotatable bonds is 4. The molecule has 2 aromatic rings. The Labute approximate surface area is 109 Å². The van der Waals surface area contributed by atoms with Crippen LogP contribution in [0.15, 0.2) is 49.0 Å². The second kappa shape index (κ2) is 5.54. The molecule has 0 spiro atoms. The van der Waals surface area contributed by atoms with Crippen LogP contribution in [0.4, 0.5) is 0 Å². The van der Waals surface area contributed by atoms with Gasteiger partial charge < -0.3 is 4.74 Å². The molecule has 0 fully saturated rings. The summed E-state index contributed by atoms with van der Waals surface area (Å²) in [6.45, 7) is 5.95. The van der Waals surface area contributed by atoms with E-state index < -0.39 is 0 Å². The van der Waals surface area contributed by atoms with Crippen LogP contribution in [0.1, 0.15) is 22.3 Å². The van der Waals surface area contributed by atoms with Crippen molar-refractivity contribution in [2.45, 2.75) is 13.3 Å². The summed E-state index contributed by atoms with van der Waals surface area (Å²) in [5, 5.41) is 0. The molecule has 0 bridgehead atoms. The van der Waals surface area contributed by atoms with E-state index >= 15 is 0 Å². The topological polar surface area (TPSA) is 9.23 Å². The lowest BCUT2D eigenvalue weighted by Gasteiger charge is -2.13. The number of aryl methyl sites for hydroxylation is 1. The van der Waals surface area contributed by atoms with E-state index in [1.54, 1.807) is 7.11 Å². The third kappa shape index (κ3) is 2.62. The van der Waals surface area contributed by atoms with Gasteiger partial charge >= 0.3 is 0 Å². The zero-order valence-electron chi connectivity index (χ0n) is 10.9. The van der Waals surface area contributed by atoms with Crippen LogP contribution in [0.25, 0.3) is 6.08 Å². The first-order valence-electron chi connectivity index (χ1n) is 6.08. The number of benzene rings is 2. The first-order valence-corrected chi connectivity index (χ1v) is 6.08. The number of methoxy groups -OCH3 is 1. The van der Waals surface area contributed by atoms with Crippen molar-refractivity contribution in [3.05, 3.63) is 71.3 Å². The third-order valence-electron chi connectivity index (χ3n) is 3.00. The van der Waals surface area contributed by atoms with Crippen LogP contribution >= 0.6 is 0 Å². The fraction of sp³-hybridized carbons (Fsp3) is 0.176. The van der Waals surface area contributed by atoms with Gasteiger partial charge in [0.25, 0.3) is 0 Å². The molecule has 0 atom stereocenters. The molecule has 1 heteroatoms. The van der Waals surface area contributed by atoms with Crippen LogP contribution in [0, 0.1) is 6.92 Å². The van der Waals surface area contributed by atoms with Gasteiger partial charge in [-0.3, -0.25) is 0 Å². The van der Waals surface area contributed by atoms with E-state index in [0.29, 0.717) is 0 Å². The molecular weight excluding hydrogens is 220 g/mol. The van der Waals surface area contributed by atoms with E-state index in [0.717, 1.165) is 17.7 Å². The molecule has 0 aliphatic rings. The predicted molar refractivity (Wildman–Crippen MR) is 77.1 cm³/mol. The lowest BCUT2D eigenvalue weighted by Crippen LogP contribution is -1.97. The van der Waals surface area contributed by atoms with Gasteiger partial charge in [-0.05, 0) is 29.7 Å². The summed E-state index contributed by atoms with van der Waals surface area (Å²) >= 11 is 0. The number of hydrogen-bond donors (Lipinski definition) is 0. The maximum absolute atomic E-state index is 5.52. The Balaban J connectivity index is 2.43. The SMILES string of the molecule is C=Cc1cc(C)cc(Cc2ccccc2)c1OC. The van der Waals surface area contributed by atoms with Gasteiger partial charge in [-0.25, -0.2) is 0 Å². The monoisotopic (exact) mass is 238 g/mol. The highest BCUT2D eigenvalue weighted by Crippen LogP contribution is 2.28. The molecule has 92 valence electrons. The van der Waals surface area contributed by atoms with Crippen molar-refractivity contribution in [3.63, 3.8) is 0 Å². The molecule has 18 heavy (non-hydrogen) atoms. The molecular formula is C17H18O. The van der Waals surface area contributed by atoms with E-state index in [4.69, 9.17) is 4.74 Å². The maximum atomic E-state index is 5.52. The largest absolute Gasteiger partial charge is 0.496 e. The van der Waals surface area contributed by atoms with Gasteiger partial charge in [-0.15, -0.1) is 0 Å². The second-order valence-corrected chi connectivity index (χ2v) is 4.41. The Hall–Kier alpha value is -2.02. The molecule has 0 amide bonds. The molecule has 2 aromatic carbocycles. The second-order valence-electron chi connectivity index (χ2n) is 4.41. The van der Waals surface area contributed by atoms with Crippen molar-refractivity contribution in [2.24, 2.45) is 0 Å². The van der Waals surface area contributed by atoms with Crippen LogP contribution in [-0.4, -0.2) is 7.11 Å². The zero-order valence-corrected chi connectivity index (χ0v) is 10.9. The van der Waals surface area contributed by atoms with Gasteiger partial charge in [0.1, 0.15) is 5.75 Å². The summed E-state index contributed by atoms with van der Waals surface area (Å²) in [6.07, 6.45) is 2.73. The quantitative estimate of drug-likeness (QED) is 0.774. The number of ether oxygens (including phenoxy) is 1. The Morgan fingerprint density at radius 1 is 1.17 bits per heavy atom. The van der Waals surface area contributed by atoms with E-state index in [2.05, 4.69) is 49.9 Å². The van der Waals surface area contributed by atoms with Gasteiger partial charge in [-0.2, -0.15) is 0 Å². The van der Waals surface area contributed by atoms with Gasteiger partial charge in [0.15, 0.2) is 0 Å². The van der Waals surface area contributed by atoms with Crippen LogP contribution in [0.3, 0.4) is 0 Å². The summed E-state index contributed by atoms with van der Waals surface area (Å²) in [4.78, 5) is 0. The van der Waals surface area contributed by atoms with Crippen molar-refractivity contribution in [2.75, 3.05) is 7.11 Å². The normalized spacial score (nSPS) is 10.1. The Bertz CT molecular complexity index is 541. The lowest BCUT2D eigenvalue weighted by atomic mass is 9.98. The average molecular weight is 238 g/mol. The summed E-state index contributed by atoms with van der Waals surface area (Å²) in [5.41, 5.74) is 4.79. The van der Waals surface area contributed by atoms with E-state index in [1.165, 1.54) is 16.7 Å². The maximum Gasteiger partial charge on any atom is 0.129 e. The molecule has 0 saturated heterocycles. The van der Waals surface area contributed by atoms with Crippen molar-refractivity contribution in [3.8, 4) is 5.75 Å². The molecule has 1 nitrogen and oxygen atoms in total. The molecule has 0 aromatic heterocycles. The molecule has 0 radical (unpaired) electrons. The minimum absolute atomic E-state index is 0.881. The highest BCUT2D eigenvalue weighted by Gasteiger charge is 2.09. The van der Waals surface area contributed by atoms with Gasteiger partial charge in [0.2, 0.25) is 0 Å². The highest BCUT2D eigenvalue weighted by atomic mass is 16.5. The molecule has 0 aliphatic carbocycles. The third-order valence-corrected chi connectivity index (χ3v) is 3.00. The van der Waals surface area contributed by atoms with E-state index in [1.807, 2.05) is 12.1 Å². The zero-order chi connectivity index (χ0) is 13.0. The smallest absolute Gasteiger partial charge is 0.129 e. The molecule has 0 unspecified atom stereocenters. The van der Waals surface area contributed by atoms with Gasteiger partial charge in [0.05, 0.1) is 7.11 Å². The molecule has 0 N–H and O–H groups in total. The Morgan fingerprint density at radius 3 is 2.50 bits per heavy atom. The summed E-state index contributed by atoms with van der Waals surface area (Å²) in [5.74, 6) is 0.930. The molecule has 0 heterocycles. The van der Waals surface area contributed by atoms with Crippen molar-refractivity contribution >= 4 is 6.08 Å². The molecule has 2 rings (SSSR count). The van der Waals surface area contributed by atoms with Gasteiger partial charge in [-0.1, -0.05) is 49.1 Å². The van der Waals surface area contributed by atoms with Crippen LogP contribution in [0.2, 0.25) is 0 Å². The van der Waals surface area contributed by atoms with Crippen LogP contribution in [0.5, 0.6) is 5.75 Å². The number of hydrogen-bond acceptors (Lipinski definition) is 1. The van der Waals surface area contributed by atoms with E-state index in [-0.39, 0.29) is 0 Å². The summed E-state index contributed by atoms with van der Waals surface area (Å²) in [7, 11) is 1.71. The fourth-order valence-electron chi connectivity index (χ4n) is 2.23. The Kier molecular flexibility index (Phi) is 3.83. The average Bonchev–Trinajstić information content (AvgIpc) is 2.39.